The molecule has 0 radical (unpaired) electrons. The van der Waals surface area contributed by atoms with Crippen molar-refractivity contribution in [1.29, 1.82) is 0 Å². The van der Waals surface area contributed by atoms with Crippen LogP contribution in [0.25, 0.3) is 22.2 Å². The van der Waals surface area contributed by atoms with E-state index in [1.54, 1.807) is 25.3 Å². The van der Waals surface area contributed by atoms with Gasteiger partial charge in [-0.15, -0.1) is 0 Å². The highest BCUT2D eigenvalue weighted by molar-refractivity contribution is 5.98. The summed E-state index contributed by atoms with van der Waals surface area (Å²) in [4.78, 5) is 12.6. The Bertz CT molecular complexity index is 1130. The van der Waals surface area contributed by atoms with Crippen LogP contribution in [0.2, 0.25) is 0 Å². The lowest BCUT2D eigenvalue weighted by Gasteiger charge is -2.10. The van der Waals surface area contributed by atoms with Crippen molar-refractivity contribution in [2.45, 2.75) is 13.5 Å². The Morgan fingerprint density at radius 1 is 1.04 bits per heavy atom. The summed E-state index contributed by atoms with van der Waals surface area (Å²) in [5, 5.41) is 4.85. The number of fused-ring (bicyclic) bond motifs is 1. The quantitative estimate of drug-likeness (QED) is 0.452. The number of rotatable bonds is 5. The van der Waals surface area contributed by atoms with E-state index in [9.17, 15) is 4.79 Å². The highest BCUT2D eigenvalue weighted by Crippen LogP contribution is 2.29. The third-order valence-electron chi connectivity index (χ3n) is 4.54. The molecule has 4 aromatic rings. The van der Waals surface area contributed by atoms with Gasteiger partial charge < -0.3 is 14.0 Å². The van der Waals surface area contributed by atoms with E-state index in [2.05, 4.69) is 5.16 Å². The van der Waals surface area contributed by atoms with Gasteiger partial charge in [0.1, 0.15) is 17.9 Å². The van der Waals surface area contributed by atoms with Crippen molar-refractivity contribution in [3.05, 3.63) is 83.4 Å². The molecule has 0 bridgehead atoms. The Morgan fingerprint density at radius 3 is 2.64 bits per heavy atom. The van der Waals surface area contributed by atoms with Gasteiger partial charge in [-0.1, -0.05) is 47.1 Å². The molecule has 4 rings (SSSR count). The largest absolute Gasteiger partial charge is 0.496 e. The van der Waals surface area contributed by atoms with Crippen molar-refractivity contribution in [1.82, 2.24) is 5.16 Å². The van der Waals surface area contributed by atoms with Crippen LogP contribution in [0.5, 0.6) is 5.75 Å². The number of esters is 1. The zero-order valence-corrected chi connectivity index (χ0v) is 15.6. The van der Waals surface area contributed by atoms with Gasteiger partial charge in [0.15, 0.2) is 5.76 Å². The molecule has 0 aliphatic carbocycles. The second kappa shape index (κ2) is 7.56. The number of hydrogen-bond acceptors (Lipinski definition) is 5. The number of carbonyl (C=O) groups is 1. The molecular formula is C23H19NO4. The molecule has 0 amide bonds. The van der Waals surface area contributed by atoms with Crippen LogP contribution in [0.15, 0.2) is 71.3 Å². The molecule has 0 atom stereocenters. The molecular weight excluding hydrogens is 354 g/mol. The highest BCUT2D eigenvalue weighted by atomic mass is 16.5. The average molecular weight is 373 g/mol. The molecule has 28 heavy (non-hydrogen) atoms. The zero-order valence-electron chi connectivity index (χ0n) is 15.6. The van der Waals surface area contributed by atoms with Gasteiger partial charge in [0.05, 0.1) is 18.1 Å². The molecule has 1 aromatic heterocycles. The number of ether oxygens (including phenoxy) is 2. The molecule has 0 saturated carbocycles. The van der Waals surface area contributed by atoms with Crippen molar-refractivity contribution in [2.24, 2.45) is 0 Å². The lowest BCUT2D eigenvalue weighted by Crippen LogP contribution is -2.06. The van der Waals surface area contributed by atoms with E-state index in [1.165, 1.54) is 0 Å². The number of aromatic nitrogens is 1. The van der Waals surface area contributed by atoms with Gasteiger partial charge in [0.25, 0.3) is 0 Å². The second-order valence-electron chi connectivity index (χ2n) is 6.50. The fourth-order valence-corrected chi connectivity index (χ4v) is 3.11. The fourth-order valence-electron chi connectivity index (χ4n) is 3.11. The van der Waals surface area contributed by atoms with Crippen LogP contribution in [0.1, 0.15) is 21.5 Å². The van der Waals surface area contributed by atoms with E-state index in [1.807, 2.05) is 55.5 Å². The molecule has 3 aromatic carbocycles. The van der Waals surface area contributed by atoms with Gasteiger partial charge in [0, 0.05) is 11.1 Å². The van der Waals surface area contributed by atoms with E-state index < -0.39 is 5.97 Å². The molecule has 0 fully saturated rings. The molecule has 0 unspecified atom stereocenters. The molecule has 0 saturated heterocycles. The van der Waals surface area contributed by atoms with Gasteiger partial charge in [0.2, 0.25) is 0 Å². The maximum atomic E-state index is 12.6. The van der Waals surface area contributed by atoms with Crippen LogP contribution in [-0.4, -0.2) is 18.2 Å². The van der Waals surface area contributed by atoms with Gasteiger partial charge in [-0.2, -0.15) is 0 Å². The van der Waals surface area contributed by atoms with Crippen molar-refractivity contribution in [3.63, 3.8) is 0 Å². The second-order valence-corrected chi connectivity index (χ2v) is 6.50. The number of benzene rings is 3. The molecule has 0 aliphatic rings. The summed E-state index contributed by atoms with van der Waals surface area (Å²) in [7, 11) is 1.60. The van der Waals surface area contributed by atoms with Crippen molar-refractivity contribution < 1.29 is 18.8 Å². The number of aryl methyl sites for hydroxylation is 1. The highest BCUT2D eigenvalue weighted by Gasteiger charge is 2.15. The van der Waals surface area contributed by atoms with Crippen LogP contribution in [0.4, 0.5) is 0 Å². The van der Waals surface area contributed by atoms with E-state index in [0.29, 0.717) is 22.6 Å². The monoisotopic (exact) mass is 373 g/mol. The summed E-state index contributed by atoms with van der Waals surface area (Å²) >= 11 is 0. The first-order valence-corrected chi connectivity index (χ1v) is 8.91. The van der Waals surface area contributed by atoms with Crippen LogP contribution in [0, 0.1) is 6.92 Å². The number of hydrogen-bond donors (Lipinski definition) is 0. The maximum absolute atomic E-state index is 12.6. The molecule has 0 N–H and O–H groups in total. The summed E-state index contributed by atoms with van der Waals surface area (Å²) in [6.45, 7) is 2.12. The summed E-state index contributed by atoms with van der Waals surface area (Å²) < 4.78 is 16.3. The third kappa shape index (κ3) is 3.47. The van der Waals surface area contributed by atoms with Gasteiger partial charge in [-0.05, 0) is 37.3 Å². The first-order chi connectivity index (χ1) is 13.7. The summed E-state index contributed by atoms with van der Waals surface area (Å²) in [5.74, 6) is 0.913. The van der Waals surface area contributed by atoms with E-state index in [4.69, 9.17) is 14.0 Å². The number of methoxy groups -OCH3 is 1. The summed E-state index contributed by atoms with van der Waals surface area (Å²) in [5.41, 5.74) is 3.94. The average Bonchev–Trinajstić information content (AvgIpc) is 3.16. The Labute approximate surface area is 162 Å². The Morgan fingerprint density at radius 2 is 1.86 bits per heavy atom. The molecule has 5 heteroatoms. The summed E-state index contributed by atoms with van der Waals surface area (Å²) in [6.07, 6.45) is 0. The summed E-state index contributed by atoms with van der Waals surface area (Å²) in [6, 6.07) is 20.6. The third-order valence-corrected chi connectivity index (χ3v) is 4.54. The standard InChI is InChI=1S/C23H19NO4/c1-15-8-11-21(26-2)18(12-15)14-27-23(25)17-9-10-20-19(13-17)22(28-24-20)16-6-4-3-5-7-16/h3-13H,14H2,1-2H3. The fraction of sp³-hybridized carbons (Fsp3) is 0.130. The maximum Gasteiger partial charge on any atom is 0.338 e. The normalized spacial score (nSPS) is 10.8. The Balaban J connectivity index is 1.59. The number of nitrogens with zero attached hydrogens (tertiary/aromatic N) is 1. The number of carbonyl (C=O) groups excluding carboxylic acids is 1. The minimum absolute atomic E-state index is 0.136. The lowest BCUT2D eigenvalue weighted by atomic mass is 10.1. The molecule has 140 valence electrons. The molecule has 0 aliphatic heterocycles. The molecule has 5 nitrogen and oxygen atoms in total. The minimum Gasteiger partial charge on any atom is -0.496 e. The van der Waals surface area contributed by atoms with Gasteiger partial charge in [-0.25, -0.2) is 4.79 Å². The van der Waals surface area contributed by atoms with E-state index in [-0.39, 0.29) is 6.61 Å². The predicted molar refractivity (Wildman–Crippen MR) is 106 cm³/mol. The van der Waals surface area contributed by atoms with Crippen molar-refractivity contribution in [3.8, 4) is 17.1 Å². The van der Waals surface area contributed by atoms with Crippen LogP contribution in [0.3, 0.4) is 0 Å². The van der Waals surface area contributed by atoms with Gasteiger partial charge in [-0.3, -0.25) is 0 Å². The van der Waals surface area contributed by atoms with Gasteiger partial charge >= 0.3 is 5.97 Å². The van der Waals surface area contributed by atoms with Crippen molar-refractivity contribution >= 4 is 16.9 Å². The Hall–Kier alpha value is -3.60. The zero-order chi connectivity index (χ0) is 19.5. The first kappa shape index (κ1) is 17.8. The lowest BCUT2D eigenvalue weighted by molar-refractivity contribution is 0.0470. The van der Waals surface area contributed by atoms with Crippen LogP contribution >= 0.6 is 0 Å². The molecule has 0 spiro atoms. The minimum atomic E-state index is -0.411. The SMILES string of the molecule is COc1ccc(C)cc1COC(=O)c1ccc2noc(-c3ccccc3)c2c1. The first-order valence-electron chi connectivity index (χ1n) is 8.91. The molecule has 1 heterocycles. The van der Waals surface area contributed by atoms with E-state index >= 15 is 0 Å². The van der Waals surface area contributed by atoms with E-state index in [0.717, 1.165) is 22.1 Å². The topological polar surface area (TPSA) is 61.6 Å². The van der Waals surface area contributed by atoms with Crippen LogP contribution < -0.4 is 4.74 Å². The van der Waals surface area contributed by atoms with Crippen molar-refractivity contribution in [2.75, 3.05) is 7.11 Å². The predicted octanol–water partition coefficient (Wildman–Crippen LogP) is 5.17. The Kier molecular flexibility index (Phi) is 4.81. The van der Waals surface area contributed by atoms with Crippen LogP contribution in [-0.2, 0) is 11.3 Å². The smallest absolute Gasteiger partial charge is 0.338 e.